The lowest BCUT2D eigenvalue weighted by molar-refractivity contribution is 0.704. The van der Waals surface area contributed by atoms with Crippen LogP contribution in [0.2, 0.25) is 5.02 Å². The Morgan fingerprint density at radius 3 is 2.94 bits per heavy atom. The number of aryl methyl sites for hydroxylation is 1. The minimum atomic E-state index is -0.140. The molecule has 5 heteroatoms. The van der Waals surface area contributed by atoms with Gasteiger partial charge in [-0.15, -0.1) is 0 Å². The molecule has 0 spiro atoms. The van der Waals surface area contributed by atoms with Gasteiger partial charge in [0.1, 0.15) is 0 Å². The van der Waals surface area contributed by atoms with E-state index in [1.807, 2.05) is 25.1 Å². The van der Waals surface area contributed by atoms with E-state index in [2.05, 4.69) is 8.75 Å². The minimum absolute atomic E-state index is 0.140. The molecule has 0 saturated carbocycles. The SMILES string of the molecule is Cc1ccc(CC(N)c2cnsn2)c(Cl)c1. The van der Waals surface area contributed by atoms with E-state index >= 15 is 0 Å². The van der Waals surface area contributed by atoms with Gasteiger partial charge in [-0.2, -0.15) is 8.75 Å². The lowest BCUT2D eigenvalue weighted by atomic mass is 10.0. The van der Waals surface area contributed by atoms with Gasteiger partial charge >= 0.3 is 0 Å². The summed E-state index contributed by atoms with van der Waals surface area (Å²) in [5.41, 5.74) is 9.04. The van der Waals surface area contributed by atoms with E-state index in [4.69, 9.17) is 17.3 Å². The lowest BCUT2D eigenvalue weighted by Gasteiger charge is -2.10. The van der Waals surface area contributed by atoms with Crippen LogP contribution in [0.5, 0.6) is 0 Å². The Labute approximate surface area is 104 Å². The Kier molecular flexibility index (Phi) is 3.53. The maximum atomic E-state index is 6.15. The predicted octanol–water partition coefficient (Wildman–Crippen LogP) is 2.74. The summed E-state index contributed by atoms with van der Waals surface area (Å²) in [7, 11) is 0. The molecular weight excluding hydrogens is 242 g/mol. The molecule has 0 aliphatic carbocycles. The molecule has 1 heterocycles. The highest BCUT2D eigenvalue weighted by Crippen LogP contribution is 2.22. The standard InChI is InChI=1S/C11H12ClN3S/c1-7-2-3-8(9(12)4-7)5-10(13)11-6-14-16-15-11/h2-4,6,10H,5,13H2,1H3. The Balaban J connectivity index is 2.15. The zero-order valence-corrected chi connectivity index (χ0v) is 10.4. The monoisotopic (exact) mass is 253 g/mol. The lowest BCUT2D eigenvalue weighted by Crippen LogP contribution is -2.13. The van der Waals surface area contributed by atoms with Crippen molar-refractivity contribution < 1.29 is 0 Å². The van der Waals surface area contributed by atoms with Crippen LogP contribution in [0.3, 0.4) is 0 Å². The van der Waals surface area contributed by atoms with E-state index in [0.29, 0.717) is 6.42 Å². The van der Waals surface area contributed by atoms with E-state index in [0.717, 1.165) is 21.8 Å². The van der Waals surface area contributed by atoms with E-state index in [1.165, 1.54) is 11.7 Å². The third kappa shape index (κ3) is 2.58. The van der Waals surface area contributed by atoms with E-state index in [1.54, 1.807) is 6.20 Å². The first kappa shape index (κ1) is 11.5. The second kappa shape index (κ2) is 4.91. The van der Waals surface area contributed by atoms with Gasteiger partial charge < -0.3 is 5.73 Å². The molecule has 1 unspecified atom stereocenters. The molecule has 2 N–H and O–H groups in total. The second-order valence-corrected chi connectivity index (χ2v) is 4.70. The molecule has 1 aromatic heterocycles. The second-order valence-electron chi connectivity index (χ2n) is 3.74. The van der Waals surface area contributed by atoms with E-state index in [-0.39, 0.29) is 6.04 Å². The zero-order chi connectivity index (χ0) is 11.5. The van der Waals surface area contributed by atoms with Gasteiger partial charge in [0.05, 0.1) is 29.7 Å². The fourth-order valence-electron chi connectivity index (χ4n) is 1.49. The molecule has 3 nitrogen and oxygen atoms in total. The van der Waals surface area contributed by atoms with Crippen molar-refractivity contribution in [1.29, 1.82) is 0 Å². The average Bonchev–Trinajstić information content (AvgIpc) is 2.75. The predicted molar refractivity (Wildman–Crippen MR) is 66.7 cm³/mol. The van der Waals surface area contributed by atoms with Gasteiger partial charge in [-0.1, -0.05) is 23.7 Å². The van der Waals surface area contributed by atoms with Crippen molar-refractivity contribution >= 4 is 23.3 Å². The Hall–Kier alpha value is -0.970. The summed E-state index contributed by atoms with van der Waals surface area (Å²) in [6.07, 6.45) is 2.39. The van der Waals surface area contributed by atoms with Gasteiger partial charge in [0.15, 0.2) is 0 Å². The largest absolute Gasteiger partial charge is 0.322 e. The molecule has 0 radical (unpaired) electrons. The summed E-state index contributed by atoms with van der Waals surface area (Å²) >= 11 is 7.32. The molecule has 0 bridgehead atoms. The van der Waals surface area contributed by atoms with Gasteiger partial charge in [-0.3, -0.25) is 0 Å². The number of hydrogen-bond donors (Lipinski definition) is 1. The third-order valence-corrected chi connectivity index (χ3v) is 3.25. The number of nitrogens with two attached hydrogens (primary N) is 1. The minimum Gasteiger partial charge on any atom is -0.322 e. The van der Waals surface area contributed by atoms with Gasteiger partial charge in [0.25, 0.3) is 0 Å². The first-order valence-corrected chi connectivity index (χ1v) is 6.05. The van der Waals surface area contributed by atoms with Crippen molar-refractivity contribution in [3.63, 3.8) is 0 Å². The molecule has 2 aromatic rings. The van der Waals surface area contributed by atoms with Crippen molar-refractivity contribution in [2.24, 2.45) is 5.73 Å². The van der Waals surface area contributed by atoms with Crippen LogP contribution in [0, 0.1) is 6.92 Å². The third-order valence-electron chi connectivity index (χ3n) is 2.41. The smallest absolute Gasteiger partial charge is 0.0913 e. The summed E-state index contributed by atoms with van der Waals surface area (Å²) in [4.78, 5) is 0. The molecule has 1 atom stereocenters. The van der Waals surface area contributed by atoms with Crippen LogP contribution in [-0.2, 0) is 6.42 Å². The summed E-state index contributed by atoms with van der Waals surface area (Å²) in [5, 5.41) is 0.763. The van der Waals surface area contributed by atoms with Crippen LogP contribution in [0.1, 0.15) is 22.9 Å². The van der Waals surface area contributed by atoms with Gasteiger partial charge in [-0.25, -0.2) is 0 Å². The highest BCUT2D eigenvalue weighted by Gasteiger charge is 2.11. The van der Waals surface area contributed by atoms with Crippen LogP contribution < -0.4 is 5.73 Å². The zero-order valence-electron chi connectivity index (χ0n) is 8.85. The summed E-state index contributed by atoms with van der Waals surface area (Å²) in [6.45, 7) is 2.01. The van der Waals surface area contributed by atoms with Crippen LogP contribution in [-0.4, -0.2) is 8.75 Å². The number of hydrogen-bond acceptors (Lipinski definition) is 4. The number of nitrogens with zero attached hydrogens (tertiary/aromatic N) is 2. The van der Waals surface area contributed by atoms with Crippen LogP contribution in [0.25, 0.3) is 0 Å². The van der Waals surface area contributed by atoms with Crippen LogP contribution in [0.4, 0.5) is 0 Å². The summed E-state index contributed by atoms with van der Waals surface area (Å²) in [6, 6.07) is 5.85. The topological polar surface area (TPSA) is 51.8 Å². The van der Waals surface area contributed by atoms with Crippen molar-refractivity contribution in [3.8, 4) is 0 Å². The van der Waals surface area contributed by atoms with Crippen molar-refractivity contribution in [3.05, 3.63) is 46.2 Å². The molecule has 1 aromatic carbocycles. The van der Waals surface area contributed by atoms with Crippen molar-refractivity contribution in [2.75, 3.05) is 0 Å². The Morgan fingerprint density at radius 1 is 1.50 bits per heavy atom. The van der Waals surface area contributed by atoms with Crippen molar-refractivity contribution in [2.45, 2.75) is 19.4 Å². The number of aromatic nitrogens is 2. The van der Waals surface area contributed by atoms with Gasteiger partial charge in [0, 0.05) is 5.02 Å². The summed E-state index contributed by atoms with van der Waals surface area (Å²) < 4.78 is 8.06. The molecule has 0 saturated heterocycles. The molecule has 0 aliphatic rings. The highest BCUT2D eigenvalue weighted by atomic mass is 35.5. The van der Waals surface area contributed by atoms with Crippen molar-refractivity contribution in [1.82, 2.24) is 8.75 Å². The molecule has 0 amide bonds. The Morgan fingerprint density at radius 2 is 2.31 bits per heavy atom. The first-order chi connectivity index (χ1) is 7.66. The van der Waals surface area contributed by atoms with Gasteiger partial charge in [0.2, 0.25) is 0 Å². The Bertz CT molecular complexity index is 470. The highest BCUT2D eigenvalue weighted by molar-refractivity contribution is 6.99. The fraction of sp³-hybridized carbons (Fsp3) is 0.273. The van der Waals surface area contributed by atoms with Crippen LogP contribution >= 0.6 is 23.3 Å². The fourth-order valence-corrected chi connectivity index (χ4v) is 2.29. The number of halogens is 1. The maximum Gasteiger partial charge on any atom is 0.0913 e. The normalized spacial score (nSPS) is 12.7. The molecule has 16 heavy (non-hydrogen) atoms. The molecule has 84 valence electrons. The maximum absolute atomic E-state index is 6.15. The van der Waals surface area contributed by atoms with E-state index < -0.39 is 0 Å². The average molecular weight is 254 g/mol. The first-order valence-electron chi connectivity index (χ1n) is 4.95. The van der Waals surface area contributed by atoms with Crippen LogP contribution in [0.15, 0.2) is 24.4 Å². The van der Waals surface area contributed by atoms with E-state index in [9.17, 15) is 0 Å². The van der Waals surface area contributed by atoms with Gasteiger partial charge in [-0.05, 0) is 30.5 Å². The summed E-state index contributed by atoms with van der Waals surface area (Å²) in [5.74, 6) is 0. The number of rotatable bonds is 3. The molecule has 0 fully saturated rings. The quantitative estimate of drug-likeness (QED) is 0.915. The number of benzene rings is 1. The molecular formula is C11H12ClN3S. The molecule has 0 aliphatic heterocycles. The molecule has 2 rings (SSSR count).